The van der Waals surface area contributed by atoms with Gasteiger partial charge in [0.1, 0.15) is 0 Å². The number of benzene rings is 1. The number of nitrogens with zero attached hydrogens (tertiary/aromatic N) is 1. The maximum Gasteiger partial charge on any atom is 0.151 e. The van der Waals surface area contributed by atoms with Crippen LogP contribution in [-0.2, 0) is 0 Å². The fourth-order valence-electron chi connectivity index (χ4n) is 1.50. The van der Waals surface area contributed by atoms with E-state index >= 15 is 0 Å². The number of unbranched alkanes of at least 4 members (excludes halogenated alkanes) is 2. The van der Waals surface area contributed by atoms with Crippen LogP contribution in [0.15, 0.2) is 28.6 Å². The first kappa shape index (κ1) is 11.9. The number of nitrogens with two attached hydrogens (primary N) is 1. The van der Waals surface area contributed by atoms with Crippen LogP contribution in [0.25, 0.3) is 10.2 Å². The summed E-state index contributed by atoms with van der Waals surface area (Å²) in [6.07, 6.45) is 3.60. The molecular formula is C12H16N2S2. The highest BCUT2D eigenvalue weighted by molar-refractivity contribution is 8.01. The lowest BCUT2D eigenvalue weighted by molar-refractivity contribution is 0.732. The lowest BCUT2D eigenvalue weighted by atomic mass is 10.2. The average Bonchev–Trinajstić information content (AvgIpc) is 2.71. The Balaban J connectivity index is 1.85. The summed E-state index contributed by atoms with van der Waals surface area (Å²) in [4.78, 5) is 4.59. The zero-order valence-electron chi connectivity index (χ0n) is 9.19. The molecule has 1 heterocycles. The molecule has 2 aromatic rings. The summed E-state index contributed by atoms with van der Waals surface area (Å²) in [7, 11) is 0. The quantitative estimate of drug-likeness (QED) is 0.631. The molecule has 0 fully saturated rings. The van der Waals surface area contributed by atoms with Crippen molar-refractivity contribution < 1.29 is 0 Å². The molecule has 2 rings (SSSR count). The Morgan fingerprint density at radius 2 is 2.06 bits per heavy atom. The molecule has 1 aromatic heterocycles. The van der Waals surface area contributed by atoms with Crippen LogP contribution >= 0.6 is 23.1 Å². The van der Waals surface area contributed by atoms with E-state index < -0.39 is 0 Å². The van der Waals surface area contributed by atoms with Gasteiger partial charge in [-0.1, -0.05) is 30.3 Å². The predicted octanol–water partition coefficient (Wildman–Crippen LogP) is 3.52. The van der Waals surface area contributed by atoms with Crippen molar-refractivity contribution in [3.8, 4) is 0 Å². The monoisotopic (exact) mass is 252 g/mol. The van der Waals surface area contributed by atoms with Crippen molar-refractivity contribution in [1.82, 2.24) is 4.98 Å². The van der Waals surface area contributed by atoms with Gasteiger partial charge >= 0.3 is 0 Å². The third-order valence-electron chi connectivity index (χ3n) is 2.35. The molecule has 1 aromatic carbocycles. The van der Waals surface area contributed by atoms with Gasteiger partial charge in [0.05, 0.1) is 10.2 Å². The molecule has 0 radical (unpaired) electrons. The fourth-order valence-corrected chi connectivity index (χ4v) is 3.63. The number of para-hydroxylation sites is 1. The number of hydrogen-bond acceptors (Lipinski definition) is 4. The molecule has 0 saturated heterocycles. The van der Waals surface area contributed by atoms with E-state index in [-0.39, 0.29) is 0 Å². The number of aromatic nitrogens is 1. The summed E-state index contributed by atoms with van der Waals surface area (Å²) >= 11 is 3.65. The van der Waals surface area contributed by atoms with Gasteiger partial charge in [0.25, 0.3) is 0 Å². The minimum atomic E-state index is 0.811. The number of thioether (sulfide) groups is 1. The molecule has 0 aliphatic rings. The molecule has 0 aliphatic heterocycles. The van der Waals surface area contributed by atoms with Crippen molar-refractivity contribution in [3.63, 3.8) is 0 Å². The van der Waals surface area contributed by atoms with E-state index in [1.165, 1.54) is 21.9 Å². The second-order valence-electron chi connectivity index (χ2n) is 3.65. The molecule has 0 aliphatic carbocycles. The van der Waals surface area contributed by atoms with Crippen molar-refractivity contribution in [2.75, 3.05) is 12.3 Å². The highest BCUT2D eigenvalue weighted by atomic mass is 32.2. The average molecular weight is 252 g/mol. The lowest BCUT2D eigenvalue weighted by Crippen LogP contribution is -1.97. The summed E-state index contributed by atoms with van der Waals surface area (Å²) in [5.41, 5.74) is 6.58. The van der Waals surface area contributed by atoms with Crippen LogP contribution in [0.5, 0.6) is 0 Å². The van der Waals surface area contributed by atoms with Gasteiger partial charge in [-0.3, -0.25) is 0 Å². The Hall–Kier alpha value is -0.580. The summed E-state index contributed by atoms with van der Waals surface area (Å²) in [5.74, 6) is 1.15. The van der Waals surface area contributed by atoms with E-state index in [1.807, 2.05) is 17.8 Å². The maximum atomic E-state index is 5.46. The van der Waals surface area contributed by atoms with Crippen molar-refractivity contribution in [1.29, 1.82) is 0 Å². The summed E-state index contributed by atoms with van der Waals surface area (Å²) in [6.45, 7) is 0.811. The standard InChI is InChI=1S/C12H16N2S2/c13-8-4-1-5-9-15-12-14-10-6-2-3-7-11(10)16-12/h2-3,6-7H,1,4-5,8-9,13H2. The van der Waals surface area contributed by atoms with Gasteiger partial charge in [0, 0.05) is 5.75 Å². The minimum Gasteiger partial charge on any atom is -0.330 e. The molecule has 2 nitrogen and oxygen atoms in total. The molecule has 2 N–H and O–H groups in total. The first-order valence-electron chi connectivity index (χ1n) is 5.58. The highest BCUT2D eigenvalue weighted by Gasteiger charge is 2.02. The third kappa shape index (κ3) is 3.20. The minimum absolute atomic E-state index is 0.811. The van der Waals surface area contributed by atoms with Gasteiger partial charge in [-0.05, 0) is 31.5 Å². The Labute approximate surface area is 104 Å². The number of fused-ring (bicyclic) bond motifs is 1. The molecule has 0 atom stereocenters. The van der Waals surface area contributed by atoms with Crippen molar-refractivity contribution >= 4 is 33.3 Å². The lowest BCUT2D eigenvalue weighted by Gasteiger charge is -1.96. The zero-order chi connectivity index (χ0) is 11.2. The second kappa shape index (κ2) is 6.23. The SMILES string of the molecule is NCCCCCSc1nc2ccccc2s1. The summed E-state index contributed by atoms with van der Waals surface area (Å²) < 4.78 is 2.47. The van der Waals surface area contributed by atoms with Gasteiger partial charge in [-0.2, -0.15) is 0 Å². The Kier molecular flexibility index (Phi) is 4.63. The summed E-state index contributed by atoms with van der Waals surface area (Å²) in [5, 5.41) is 0. The highest BCUT2D eigenvalue weighted by Crippen LogP contribution is 2.29. The van der Waals surface area contributed by atoms with Gasteiger partial charge in [0.2, 0.25) is 0 Å². The van der Waals surface area contributed by atoms with Gasteiger partial charge in [-0.15, -0.1) is 11.3 Å². The van der Waals surface area contributed by atoms with Crippen LogP contribution in [0, 0.1) is 0 Å². The topological polar surface area (TPSA) is 38.9 Å². The van der Waals surface area contributed by atoms with E-state index in [9.17, 15) is 0 Å². The third-order valence-corrected chi connectivity index (χ3v) is 4.61. The smallest absolute Gasteiger partial charge is 0.151 e. The Morgan fingerprint density at radius 1 is 1.19 bits per heavy atom. The number of rotatable bonds is 6. The van der Waals surface area contributed by atoms with Crippen LogP contribution < -0.4 is 5.73 Å². The first-order chi connectivity index (χ1) is 7.90. The number of hydrogen-bond donors (Lipinski definition) is 1. The molecule has 0 bridgehead atoms. The van der Waals surface area contributed by atoms with Crippen molar-refractivity contribution in [3.05, 3.63) is 24.3 Å². The van der Waals surface area contributed by atoms with E-state index in [0.717, 1.165) is 24.2 Å². The molecule has 16 heavy (non-hydrogen) atoms. The Bertz CT molecular complexity index is 406. The Morgan fingerprint density at radius 3 is 2.88 bits per heavy atom. The molecule has 0 spiro atoms. The van der Waals surface area contributed by atoms with Gasteiger partial charge < -0.3 is 5.73 Å². The van der Waals surface area contributed by atoms with Crippen molar-refractivity contribution in [2.45, 2.75) is 23.6 Å². The van der Waals surface area contributed by atoms with Crippen molar-refractivity contribution in [2.24, 2.45) is 5.73 Å². The maximum absolute atomic E-state index is 5.46. The molecule has 4 heteroatoms. The van der Waals surface area contributed by atoms with Crippen LogP contribution in [0.1, 0.15) is 19.3 Å². The molecule has 0 unspecified atom stereocenters. The van der Waals surface area contributed by atoms with Crippen LogP contribution in [0.4, 0.5) is 0 Å². The number of thiazole rings is 1. The van der Waals surface area contributed by atoms with E-state index in [2.05, 4.69) is 23.2 Å². The molecule has 0 saturated carbocycles. The largest absolute Gasteiger partial charge is 0.330 e. The van der Waals surface area contributed by atoms with E-state index in [1.54, 1.807) is 11.3 Å². The molecular weight excluding hydrogens is 236 g/mol. The van der Waals surface area contributed by atoms with Crippen LogP contribution in [-0.4, -0.2) is 17.3 Å². The first-order valence-corrected chi connectivity index (χ1v) is 7.39. The summed E-state index contributed by atoms with van der Waals surface area (Å²) in [6, 6.07) is 8.31. The molecule has 86 valence electrons. The van der Waals surface area contributed by atoms with Gasteiger partial charge in [0.15, 0.2) is 4.34 Å². The second-order valence-corrected chi connectivity index (χ2v) is 6.02. The predicted molar refractivity (Wildman–Crippen MR) is 73.2 cm³/mol. The zero-order valence-corrected chi connectivity index (χ0v) is 10.8. The van der Waals surface area contributed by atoms with Crippen LogP contribution in [0.2, 0.25) is 0 Å². The fraction of sp³-hybridized carbons (Fsp3) is 0.417. The van der Waals surface area contributed by atoms with Crippen LogP contribution in [0.3, 0.4) is 0 Å². The van der Waals surface area contributed by atoms with E-state index in [0.29, 0.717) is 0 Å². The molecule has 0 amide bonds. The van der Waals surface area contributed by atoms with Gasteiger partial charge in [-0.25, -0.2) is 4.98 Å². The normalized spacial score (nSPS) is 11.1. The van der Waals surface area contributed by atoms with E-state index in [4.69, 9.17) is 5.73 Å².